The van der Waals surface area contributed by atoms with Crippen molar-refractivity contribution in [3.63, 3.8) is 0 Å². The summed E-state index contributed by atoms with van der Waals surface area (Å²) in [6.07, 6.45) is 3.29. The van der Waals surface area contributed by atoms with Crippen LogP contribution in [0.4, 0.5) is 34.5 Å². The Kier molecular flexibility index (Phi) is 10.7. The first-order valence-corrected chi connectivity index (χ1v) is 21.2. The predicted molar refractivity (Wildman–Crippen MR) is 231 cm³/mol. The molecule has 0 atom stereocenters. The number of amides is 2. The van der Waals surface area contributed by atoms with E-state index in [1.54, 1.807) is 43.6 Å². The third-order valence-electron chi connectivity index (χ3n) is 11.0. The predicted octanol–water partition coefficient (Wildman–Crippen LogP) is 6.14. The van der Waals surface area contributed by atoms with E-state index in [0.717, 1.165) is 50.1 Å². The fraction of sp³-hybridized carbons (Fsp3) is 0.317. The average Bonchev–Trinajstić information content (AvgIpc) is 3.29. The van der Waals surface area contributed by atoms with Crippen molar-refractivity contribution < 1.29 is 22.2 Å². The molecule has 0 aliphatic carbocycles. The van der Waals surface area contributed by atoms with E-state index in [9.17, 15) is 18.0 Å². The van der Waals surface area contributed by atoms with E-state index in [-0.39, 0.29) is 34.1 Å². The monoisotopic (exact) mass is 901 g/mol. The van der Waals surface area contributed by atoms with Crippen molar-refractivity contribution in [1.82, 2.24) is 22.9 Å². The van der Waals surface area contributed by atoms with Crippen LogP contribution < -0.4 is 24.2 Å². The van der Waals surface area contributed by atoms with Gasteiger partial charge in [-0.25, -0.2) is 8.10 Å². The number of carbonyl (C=O) groups is 2. The Hall–Kier alpha value is -5.04. The molecule has 296 valence electrons. The fourth-order valence-electron chi connectivity index (χ4n) is 7.92. The number of benzene rings is 4. The lowest BCUT2D eigenvalue weighted by molar-refractivity contribution is 0.0576. The second-order valence-corrected chi connectivity index (χ2v) is 17.6. The molecule has 0 bridgehead atoms. The lowest BCUT2D eigenvalue weighted by atomic mass is 10.0. The number of piperidine rings is 1. The Morgan fingerprint density at radius 2 is 1.58 bits per heavy atom. The molecule has 8 rings (SSSR count). The van der Waals surface area contributed by atoms with Crippen molar-refractivity contribution in [2.45, 2.75) is 23.8 Å². The minimum Gasteiger partial charge on any atom is -0.377 e. The zero-order valence-corrected chi connectivity index (χ0v) is 35.2. The van der Waals surface area contributed by atoms with E-state index in [1.807, 2.05) is 72.2 Å². The molecule has 57 heavy (non-hydrogen) atoms. The standard InChI is InChI=1S/C41H44IN9O5S/c1-46(2)33-13-7-11-30-29(33)10-8-14-37(30)57(54,55)56-36-25-27(39(52)50-19-17-28(18-20-50)49-21-23-51(42)24-22-49)15-16-32(36)44-41-43-26-35-38(45-41)47(3)34-12-6-5-9-31(34)40(53)48(35)4/h5-16,25-26,28H,17-24H2,1-4H3,(H,43,44,45). The van der Waals surface area contributed by atoms with Crippen LogP contribution in [-0.2, 0) is 10.1 Å². The van der Waals surface area contributed by atoms with Gasteiger partial charge in [0.05, 0.1) is 23.1 Å². The van der Waals surface area contributed by atoms with Gasteiger partial charge in [-0.3, -0.25) is 14.5 Å². The minimum absolute atomic E-state index is 0.00822. The van der Waals surface area contributed by atoms with Gasteiger partial charge in [0.15, 0.2) is 11.6 Å². The maximum atomic E-state index is 14.3. The van der Waals surface area contributed by atoms with Crippen LogP contribution in [0.3, 0.4) is 0 Å². The number of halogens is 1. The Bertz CT molecular complexity index is 2470. The summed E-state index contributed by atoms with van der Waals surface area (Å²) < 4.78 is 36.9. The molecular weight excluding hydrogens is 857 g/mol. The molecule has 1 N–H and O–H groups in total. The van der Waals surface area contributed by atoms with Crippen LogP contribution >= 0.6 is 22.9 Å². The van der Waals surface area contributed by atoms with Crippen LogP contribution in [0, 0.1) is 0 Å². The van der Waals surface area contributed by atoms with Gasteiger partial charge in [0, 0.05) is 118 Å². The highest BCUT2D eigenvalue weighted by atomic mass is 127. The third-order valence-corrected chi connectivity index (χ3v) is 13.3. The van der Waals surface area contributed by atoms with Crippen LogP contribution in [-0.4, -0.2) is 117 Å². The first-order valence-electron chi connectivity index (χ1n) is 18.9. The van der Waals surface area contributed by atoms with Gasteiger partial charge in [-0.1, -0.05) is 36.4 Å². The van der Waals surface area contributed by atoms with Gasteiger partial charge in [0.2, 0.25) is 5.95 Å². The van der Waals surface area contributed by atoms with E-state index >= 15 is 0 Å². The number of nitrogens with one attached hydrogen (secondary N) is 1. The Labute approximate surface area is 346 Å². The van der Waals surface area contributed by atoms with Gasteiger partial charge in [-0.2, -0.15) is 13.4 Å². The first kappa shape index (κ1) is 38.8. The maximum absolute atomic E-state index is 14.3. The number of fused-ring (bicyclic) bond motifs is 3. The molecular formula is C41H44IN9O5S. The number of rotatable bonds is 8. The second kappa shape index (κ2) is 15.7. The van der Waals surface area contributed by atoms with E-state index in [1.165, 1.54) is 17.0 Å². The molecule has 0 spiro atoms. The number of hydrogen-bond donors (Lipinski definition) is 1. The van der Waals surface area contributed by atoms with Crippen LogP contribution in [0.15, 0.2) is 90.0 Å². The molecule has 0 radical (unpaired) electrons. The number of para-hydroxylation sites is 1. The topological polar surface area (TPSA) is 135 Å². The maximum Gasteiger partial charge on any atom is 0.339 e. The van der Waals surface area contributed by atoms with Crippen LogP contribution in [0.5, 0.6) is 5.75 Å². The molecule has 0 saturated carbocycles. The smallest absolute Gasteiger partial charge is 0.339 e. The zero-order chi connectivity index (χ0) is 40.0. The summed E-state index contributed by atoms with van der Waals surface area (Å²) >= 11 is 2.37. The summed E-state index contributed by atoms with van der Waals surface area (Å²) in [6.45, 7) is 5.29. The van der Waals surface area contributed by atoms with Gasteiger partial charge in [-0.15, -0.1) is 0 Å². The number of anilines is 6. The normalized spacial score (nSPS) is 16.9. The van der Waals surface area contributed by atoms with Gasteiger partial charge < -0.3 is 29.1 Å². The zero-order valence-electron chi connectivity index (χ0n) is 32.2. The van der Waals surface area contributed by atoms with Crippen molar-refractivity contribution in [3.8, 4) is 5.75 Å². The molecule has 2 amide bonds. The largest absolute Gasteiger partial charge is 0.377 e. The molecule has 4 aromatic carbocycles. The Morgan fingerprint density at radius 3 is 2.33 bits per heavy atom. The molecule has 3 aliphatic heterocycles. The molecule has 1 aromatic heterocycles. The van der Waals surface area contributed by atoms with Gasteiger partial charge in [0.1, 0.15) is 10.6 Å². The van der Waals surface area contributed by atoms with Crippen molar-refractivity contribution in [3.05, 3.63) is 96.2 Å². The number of hydrogen-bond acceptors (Lipinski definition) is 12. The highest BCUT2D eigenvalue weighted by molar-refractivity contribution is 14.1. The van der Waals surface area contributed by atoms with Crippen molar-refractivity contribution in [1.29, 1.82) is 0 Å². The fourth-order valence-corrected chi connectivity index (χ4v) is 9.51. The van der Waals surface area contributed by atoms with E-state index < -0.39 is 10.1 Å². The summed E-state index contributed by atoms with van der Waals surface area (Å²) in [5, 5.41) is 4.41. The lowest BCUT2D eigenvalue weighted by Gasteiger charge is -2.41. The summed E-state index contributed by atoms with van der Waals surface area (Å²) in [5.41, 5.74) is 3.08. The third kappa shape index (κ3) is 7.58. The highest BCUT2D eigenvalue weighted by Crippen LogP contribution is 2.40. The van der Waals surface area contributed by atoms with E-state index in [2.05, 4.69) is 41.2 Å². The van der Waals surface area contributed by atoms with Gasteiger partial charge >= 0.3 is 10.1 Å². The molecule has 5 aromatic rings. The van der Waals surface area contributed by atoms with Crippen molar-refractivity contribution >= 4 is 90.1 Å². The summed E-state index contributed by atoms with van der Waals surface area (Å²) in [6, 6.07) is 23.0. The SMILES string of the molecule is CN(C)c1cccc2c(S(=O)(=O)Oc3cc(C(=O)N4CCC(N5CCN(I)CC5)CC4)ccc3Nc3ncc4c(n3)N(C)c3ccccc3C(=O)N4C)cccc12. The van der Waals surface area contributed by atoms with E-state index in [0.29, 0.717) is 52.8 Å². The minimum atomic E-state index is -4.45. The number of carbonyl (C=O) groups excluding carboxylic acids is 2. The summed E-state index contributed by atoms with van der Waals surface area (Å²) in [7, 11) is 2.84. The number of aromatic nitrogens is 2. The van der Waals surface area contributed by atoms with Crippen molar-refractivity contribution in [2.75, 3.05) is 87.5 Å². The molecule has 3 aliphatic rings. The van der Waals surface area contributed by atoms with Crippen LogP contribution in [0.1, 0.15) is 33.6 Å². The van der Waals surface area contributed by atoms with E-state index in [4.69, 9.17) is 9.17 Å². The van der Waals surface area contributed by atoms with Gasteiger partial charge in [-0.05, 0) is 55.3 Å². The van der Waals surface area contributed by atoms with Crippen molar-refractivity contribution in [2.24, 2.45) is 0 Å². The molecule has 4 heterocycles. The molecule has 0 unspecified atom stereocenters. The Morgan fingerprint density at radius 1 is 0.860 bits per heavy atom. The molecule has 14 nitrogen and oxygen atoms in total. The van der Waals surface area contributed by atoms with Crippen LogP contribution in [0.2, 0.25) is 0 Å². The number of likely N-dealkylation sites (tertiary alicyclic amines) is 1. The molecule has 2 saturated heterocycles. The van der Waals surface area contributed by atoms with Gasteiger partial charge in [0.25, 0.3) is 11.8 Å². The quantitative estimate of drug-likeness (QED) is 0.109. The Balaban J connectivity index is 1.13. The highest BCUT2D eigenvalue weighted by Gasteiger charge is 2.32. The van der Waals surface area contributed by atoms with Crippen LogP contribution in [0.25, 0.3) is 10.8 Å². The first-order chi connectivity index (χ1) is 27.4. The molecule has 16 heteroatoms. The number of nitrogens with zero attached hydrogens (tertiary/aromatic N) is 8. The summed E-state index contributed by atoms with van der Waals surface area (Å²) in [5.74, 6) is 0.110. The lowest BCUT2D eigenvalue weighted by Crippen LogP contribution is -2.52. The second-order valence-electron chi connectivity index (χ2n) is 14.7. The molecule has 2 fully saturated rings. The summed E-state index contributed by atoms with van der Waals surface area (Å²) in [4.78, 5) is 46.3. The average molecular weight is 902 g/mol. The number of piperazine rings is 1.